The maximum absolute atomic E-state index is 12.1. The summed E-state index contributed by atoms with van der Waals surface area (Å²) in [6, 6.07) is 25.6. The Labute approximate surface area is 228 Å². The number of halogens is 1. The lowest BCUT2D eigenvalue weighted by Gasteiger charge is -2.32. The molecule has 2 heterocycles. The van der Waals surface area contributed by atoms with Gasteiger partial charge in [-0.15, -0.1) is 0 Å². The molecule has 1 aliphatic heterocycles. The number of carbonyl (C=O) groups excluding carboxylic acids is 1. The SMILES string of the molecule is CC(C)C(=O)Nc1cccc(C2CCN(CCCc3c(-c4ccccc4Br)[nH]c4ccccc34)CC2)c1. The largest absolute Gasteiger partial charge is 0.354 e. The predicted octanol–water partition coefficient (Wildman–Crippen LogP) is 8.00. The number of H-pyrrole nitrogens is 1. The molecule has 0 spiro atoms. The summed E-state index contributed by atoms with van der Waals surface area (Å²) < 4.78 is 1.12. The smallest absolute Gasteiger partial charge is 0.226 e. The second-order valence-corrected chi connectivity index (χ2v) is 11.3. The number of likely N-dealkylation sites (tertiary alicyclic amines) is 1. The van der Waals surface area contributed by atoms with Gasteiger partial charge in [-0.2, -0.15) is 0 Å². The Hall–Kier alpha value is -2.89. The number of nitrogens with one attached hydrogen (secondary N) is 2. The van der Waals surface area contributed by atoms with E-state index in [1.807, 2.05) is 19.9 Å². The molecule has 37 heavy (non-hydrogen) atoms. The lowest BCUT2D eigenvalue weighted by atomic mass is 9.89. The molecule has 5 rings (SSSR count). The van der Waals surface area contributed by atoms with Crippen molar-refractivity contribution >= 4 is 38.4 Å². The summed E-state index contributed by atoms with van der Waals surface area (Å²) in [6.45, 7) is 7.21. The zero-order valence-electron chi connectivity index (χ0n) is 21.8. The van der Waals surface area contributed by atoms with Gasteiger partial charge >= 0.3 is 0 Å². The first-order valence-electron chi connectivity index (χ1n) is 13.5. The molecule has 1 aromatic heterocycles. The average molecular weight is 559 g/mol. The van der Waals surface area contributed by atoms with Crippen LogP contribution in [0.4, 0.5) is 5.69 Å². The van der Waals surface area contributed by atoms with Gasteiger partial charge in [-0.3, -0.25) is 4.79 Å². The van der Waals surface area contributed by atoms with Gasteiger partial charge in [-0.05, 0) is 86.6 Å². The topological polar surface area (TPSA) is 48.1 Å². The molecule has 192 valence electrons. The normalized spacial score (nSPS) is 14.9. The number of amides is 1. The number of piperidine rings is 1. The van der Waals surface area contributed by atoms with Crippen molar-refractivity contribution in [3.05, 3.63) is 88.4 Å². The predicted molar refractivity (Wildman–Crippen MR) is 158 cm³/mol. The van der Waals surface area contributed by atoms with E-state index in [9.17, 15) is 4.79 Å². The van der Waals surface area contributed by atoms with E-state index in [4.69, 9.17) is 0 Å². The molecule has 5 heteroatoms. The van der Waals surface area contributed by atoms with Crippen LogP contribution >= 0.6 is 15.9 Å². The summed E-state index contributed by atoms with van der Waals surface area (Å²) in [5.74, 6) is 0.620. The Morgan fingerprint density at radius 1 is 1.03 bits per heavy atom. The van der Waals surface area contributed by atoms with Crippen molar-refractivity contribution in [3.8, 4) is 11.3 Å². The number of para-hydroxylation sites is 1. The summed E-state index contributed by atoms with van der Waals surface area (Å²) in [7, 11) is 0. The molecular weight excluding hydrogens is 522 g/mol. The minimum Gasteiger partial charge on any atom is -0.354 e. The molecule has 2 N–H and O–H groups in total. The van der Waals surface area contributed by atoms with E-state index in [0.29, 0.717) is 5.92 Å². The van der Waals surface area contributed by atoms with E-state index < -0.39 is 0 Å². The monoisotopic (exact) mass is 557 g/mol. The number of anilines is 1. The highest BCUT2D eigenvalue weighted by atomic mass is 79.9. The van der Waals surface area contributed by atoms with Gasteiger partial charge in [0.05, 0.1) is 5.69 Å². The average Bonchev–Trinajstić information content (AvgIpc) is 3.28. The van der Waals surface area contributed by atoms with Gasteiger partial charge in [0, 0.05) is 32.5 Å². The molecular formula is C32H36BrN3O. The van der Waals surface area contributed by atoms with E-state index in [1.165, 1.54) is 33.3 Å². The molecule has 0 radical (unpaired) electrons. The zero-order chi connectivity index (χ0) is 25.8. The van der Waals surface area contributed by atoms with Crippen LogP contribution < -0.4 is 5.32 Å². The van der Waals surface area contributed by atoms with Crippen LogP contribution in [0.2, 0.25) is 0 Å². The van der Waals surface area contributed by atoms with Crippen molar-refractivity contribution in [2.45, 2.75) is 45.4 Å². The Morgan fingerprint density at radius 3 is 2.57 bits per heavy atom. The van der Waals surface area contributed by atoms with Crippen LogP contribution in [-0.4, -0.2) is 35.4 Å². The van der Waals surface area contributed by atoms with Crippen LogP contribution in [0.3, 0.4) is 0 Å². The second-order valence-electron chi connectivity index (χ2n) is 10.5. The van der Waals surface area contributed by atoms with Crippen LogP contribution in [0.15, 0.2) is 77.3 Å². The van der Waals surface area contributed by atoms with Crippen LogP contribution in [0.25, 0.3) is 22.2 Å². The number of rotatable bonds is 8. The maximum atomic E-state index is 12.1. The fourth-order valence-corrected chi connectivity index (χ4v) is 5.96. The maximum Gasteiger partial charge on any atom is 0.226 e. The van der Waals surface area contributed by atoms with E-state index in [1.54, 1.807) is 0 Å². The van der Waals surface area contributed by atoms with Crippen molar-refractivity contribution in [2.75, 3.05) is 25.0 Å². The van der Waals surface area contributed by atoms with Crippen molar-refractivity contribution in [2.24, 2.45) is 5.92 Å². The summed E-state index contributed by atoms with van der Waals surface area (Å²) in [4.78, 5) is 18.4. The third kappa shape index (κ3) is 6.00. The quantitative estimate of drug-likeness (QED) is 0.230. The first kappa shape index (κ1) is 25.7. The van der Waals surface area contributed by atoms with Gasteiger partial charge < -0.3 is 15.2 Å². The van der Waals surface area contributed by atoms with Crippen molar-refractivity contribution in [1.82, 2.24) is 9.88 Å². The Bertz CT molecular complexity index is 1370. The Balaban J connectivity index is 1.20. The molecule has 4 nitrogen and oxygen atoms in total. The number of aromatic amines is 1. The fraction of sp³-hybridized carbons (Fsp3) is 0.344. The lowest BCUT2D eigenvalue weighted by Crippen LogP contribution is -2.33. The Morgan fingerprint density at radius 2 is 1.78 bits per heavy atom. The number of aryl methyl sites for hydroxylation is 1. The third-order valence-corrected chi connectivity index (χ3v) is 8.29. The molecule has 0 aliphatic carbocycles. The Kier molecular flexibility index (Phi) is 8.11. The van der Waals surface area contributed by atoms with Gasteiger partial charge in [-0.25, -0.2) is 0 Å². The van der Waals surface area contributed by atoms with Gasteiger partial charge in [0.15, 0.2) is 0 Å². The van der Waals surface area contributed by atoms with E-state index in [-0.39, 0.29) is 11.8 Å². The molecule has 1 saturated heterocycles. The molecule has 4 aromatic rings. The molecule has 1 fully saturated rings. The summed E-state index contributed by atoms with van der Waals surface area (Å²) in [5, 5.41) is 4.38. The van der Waals surface area contributed by atoms with E-state index in [0.717, 1.165) is 55.5 Å². The van der Waals surface area contributed by atoms with Crippen molar-refractivity contribution in [3.63, 3.8) is 0 Å². The molecule has 1 amide bonds. The molecule has 0 saturated carbocycles. The molecule has 1 aliphatic rings. The van der Waals surface area contributed by atoms with Gasteiger partial charge in [0.25, 0.3) is 0 Å². The number of fused-ring (bicyclic) bond motifs is 1. The lowest BCUT2D eigenvalue weighted by molar-refractivity contribution is -0.118. The molecule has 0 bridgehead atoms. The van der Waals surface area contributed by atoms with Crippen LogP contribution in [0, 0.1) is 5.92 Å². The zero-order valence-corrected chi connectivity index (χ0v) is 23.4. The van der Waals surface area contributed by atoms with Gasteiger partial charge in [0.1, 0.15) is 0 Å². The third-order valence-electron chi connectivity index (χ3n) is 7.60. The summed E-state index contributed by atoms with van der Waals surface area (Å²) >= 11 is 3.75. The van der Waals surface area contributed by atoms with E-state index >= 15 is 0 Å². The van der Waals surface area contributed by atoms with Crippen LogP contribution in [-0.2, 0) is 11.2 Å². The summed E-state index contributed by atoms with van der Waals surface area (Å²) in [5.41, 5.74) is 7.34. The number of carbonyl (C=O) groups is 1. The summed E-state index contributed by atoms with van der Waals surface area (Å²) in [6.07, 6.45) is 4.52. The number of benzene rings is 3. The molecule has 0 unspecified atom stereocenters. The highest BCUT2D eigenvalue weighted by Crippen LogP contribution is 2.35. The number of aromatic nitrogens is 1. The van der Waals surface area contributed by atoms with Gasteiger partial charge in [-0.1, -0.05) is 78.3 Å². The fourth-order valence-electron chi connectivity index (χ4n) is 5.48. The van der Waals surface area contributed by atoms with Crippen LogP contribution in [0.5, 0.6) is 0 Å². The minimum absolute atomic E-state index is 0.0125. The molecule has 3 aromatic carbocycles. The highest BCUT2D eigenvalue weighted by Gasteiger charge is 2.21. The minimum atomic E-state index is -0.0125. The first-order chi connectivity index (χ1) is 18.0. The highest BCUT2D eigenvalue weighted by molar-refractivity contribution is 9.10. The number of nitrogens with zero attached hydrogens (tertiary/aromatic N) is 1. The van der Waals surface area contributed by atoms with Crippen molar-refractivity contribution in [1.29, 1.82) is 0 Å². The van der Waals surface area contributed by atoms with Gasteiger partial charge in [0.2, 0.25) is 5.91 Å². The first-order valence-corrected chi connectivity index (χ1v) is 14.3. The number of hydrogen-bond acceptors (Lipinski definition) is 2. The van der Waals surface area contributed by atoms with E-state index in [2.05, 4.69) is 97.9 Å². The second kappa shape index (κ2) is 11.7. The number of hydrogen-bond donors (Lipinski definition) is 2. The van der Waals surface area contributed by atoms with Crippen molar-refractivity contribution < 1.29 is 4.79 Å². The molecule has 0 atom stereocenters. The standard InChI is InChI=1S/C32H36BrN3O/c1-22(2)32(37)34-25-10-7-9-24(21-25)23-16-19-36(20-17-23)18-8-13-27-26-11-4-6-15-30(26)35-31(27)28-12-3-5-14-29(28)33/h3-7,9-12,14-15,21-23,35H,8,13,16-20H2,1-2H3,(H,34,37). The van der Waals surface area contributed by atoms with Crippen LogP contribution in [0.1, 0.15) is 50.2 Å².